The van der Waals surface area contributed by atoms with Crippen LogP contribution in [0.5, 0.6) is 5.75 Å². The summed E-state index contributed by atoms with van der Waals surface area (Å²) >= 11 is 0. The first-order valence-electron chi connectivity index (χ1n) is 12.7. The predicted octanol–water partition coefficient (Wildman–Crippen LogP) is 6.32. The van der Waals surface area contributed by atoms with Crippen molar-refractivity contribution in [2.45, 2.75) is 75.8 Å². The normalized spacial score (nSPS) is 18.8. The molecule has 1 amide bonds. The van der Waals surface area contributed by atoms with Gasteiger partial charge in [0, 0.05) is 0 Å². The van der Waals surface area contributed by atoms with Crippen LogP contribution in [-0.2, 0) is 28.5 Å². The molecule has 4 rings (SSSR count). The van der Waals surface area contributed by atoms with Gasteiger partial charge in [0.2, 0.25) is 0 Å². The summed E-state index contributed by atoms with van der Waals surface area (Å²) in [6.45, 7) is 3.72. The highest BCUT2D eigenvalue weighted by atomic mass is 19.4. The van der Waals surface area contributed by atoms with E-state index in [1.54, 1.807) is 19.9 Å². The molecule has 37 heavy (non-hydrogen) atoms. The maximum absolute atomic E-state index is 13.8. The summed E-state index contributed by atoms with van der Waals surface area (Å²) in [6.07, 6.45) is -1.59. The second-order valence-electron chi connectivity index (χ2n) is 10.5. The lowest BCUT2D eigenvalue weighted by Crippen LogP contribution is -2.61. The topological polar surface area (TPSA) is 77.0 Å². The zero-order valence-corrected chi connectivity index (χ0v) is 21.2. The minimum Gasteiger partial charge on any atom is -0.493 e. The Hall–Kier alpha value is -2.78. The van der Waals surface area contributed by atoms with Gasteiger partial charge in [0.05, 0.1) is 30.9 Å². The van der Waals surface area contributed by atoms with E-state index in [0.29, 0.717) is 17.9 Å². The zero-order valence-electron chi connectivity index (χ0n) is 21.2. The van der Waals surface area contributed by atoms with E-state index in [9.17, 15) is 23.1 Å². The molecule has 1 heterocycles. The molecule has 1 aliphatic carbocycles. The number of carbonyl (C=O) groups is 1. The molecule has 202 valence electrons. The maximum atomic E-state index is 13.8. The summed E-state index contributed by atoms with van der Waals surface area (Å²) in [5, 5.41) is 11.7. The second-order valence-corrected chi connectivity index (χ2v) is 10.5. The number of rotatable bonds is 10. The first-order valence-corrected chi connectivity index (χ1v) is 12.7. The van der Waals surface area contributed by atoms with Crippen molar-refractivity contribution in [3.63, 3.8) is 0 Å². The Kier molecular flexibility index (Phi) is 8.04. The van der Waals surface area contributed by atoms with E-state index in [1.165, 1.54) is 24.5 Å². The predicted molar refractivity (Wildman–Crippen MR) is 132 cm³/mol. The quantitative estimate of drug-likeness (QED) is 0.358. The number of aryl methyl sites for hydroxylation is 2. The largest absolute Gasteiger partial charge is 0.493 e. The third-order valence-electron chi connectivity index (χ3n) is 6.90. The number of hydrogen-bond acceptors (Lipinski definition) is 4. The van der Waals surface area contributed by atoms with E-state index in [1.807, 2.05) is 0 Å². The average Bonchev–Trinajstić information content (AvgIpc) is 3.68. The maximum Gasteiger partial charge on any atom is 0.419 e. The Labute approximate surface area is 215 Å². The molecule has 1 saturated carbocycles. The van der Waals surface area contributed by atoms with Crippen LogP contribution in [0.4, 0.5) is 18.0 Å². The van der Waals surface area contributed by atoms with E-state index >= 15 is 0 Å². The molecule has 1 saturated heterocycles. The van der Waals surface area contributed by atoms with Gasteiger partial charge >= 0.3 is 12.3 Å². The molecule has 0 unspecified atom stereocenters. The highest BCUT2D eigenvalue weighted by Crippen LogP contribution is 2.40. The lowest BCUT2D eigenvalue weighted by molar-refractivity contribution is -0.271. The van der Waals surface area contributed by atoms with Gasteiger partial charge in [-0.1, -0.05) is 30.3 Å². The lowest BCUT2D eigenvalue weighted by atomic mass is 9.91. The van der Waals surface area contributed by atoms with Gasteiger partial charge in [-0.2, -0.15) is 13.2 Å². The van der Waals surface area contributed by atoms with Crippen LogP contribution in [0, 0.1) is 0 Å². The van der Waals surface area contributed by atoms with E-state index in [0.717, 1.165) is 18.1 Å². The summed E-state index contributed by atoms with van der Waals surface area (Å²) in [5.74, 6) is -0.368. The number of halogens is 3. The minimum atomic E-state index is -4.58. The summed E-state index contributed by atoms with van der Waals surface area (Å²) in [7, 11) is 0. The van der Waals surface area contributed by atoms with Gasteiger partial charge in [-0.3, -0.25) is 0 Å². The Bertz CT molecular complexity index is 1070. The molecule has 6 nitrogen and oxygen atoms in total. The highest BCUT2D eigenvalue weighted by Gasteiger charge is 2.41. The first kappa shape index (κ1) is 27.3. The van der Waals surface area contributed by atoms with E-state index in [4.69, 9.17) is 14.2 Å². The highest BCUT2D eigenvalue weighted by molar-refractivity contribution is 5.65. The van der Waals surface area contributed by atoms with Crippen LogP contribution >= 0.6 is 0 Å². The number of benzene rings is 2. The summed E-state index contributed by atoms with van der Waals surface area (Å²) in [5.41, 5.74) is 1.03. The van der Waals surface area contributed by atoms with Gasteiger partial charge in [0.15, 0.2) is 5.79 Å². The molecule has 0 bridgehead atoms. The molecule has 2 fully saturated rings. The van der Waals surface area contributed by atoms with Crippen LogP contribution in [0.3, 0.4) is 0 Å². The number of amides is 1. The van der Waals surface area contributed by atoms with Crippen LogP contribution in [0.15, 0.2) is 42.5 Å². The van der Waals surface area contributed by atoms with Crippen molar-refractivity contribution in [2.75, 3.05) is 19.8 Å². The Morgan fingerprint density at radius 2 is 1.70 bits per heavy atom. The Balaban J connectivity index is 1.36. The smallest absolute Gasteiger partial charge is 0.419 e. The number of nitrogens with one attached hydrogen (secondary N) is 1. The van der Waals surface area contributed by atoms with Gasteiger partial charge in [0.1, 0.15) is 5.75 Å². The lowest BCUT2D eigenvalue weighted by Gasteiger charge is -2.43. The SMILES string of the molecule is CC1(C)OCC(CCc2ccc(OCCCc3ccc(C4CC4)cc3)c(C(F)(F)F)c2)(NC(=O)O)CO1. The molecule has 2 aromatic carbocycles. The van der Waals surface area contributed by atoms with Crippen molar-refractivity contribution >= 4 is 6.09 Å². The molecule has 0 spiro atoms. The third kappa shape index (κ3) is 7.61. The van der Waals surface area contributed by atoms with Gasteiger partial charge in [-0.25, -0.2) is 4.79 Å². The third-order valence-corrected chi connectivity index (χ3v) is 6.90. The fraction of sp³-hybridized carbons (Fsp3) is 0.536. The van der Waals surface area contributed by atoms with E-state index < -0.39 is 29.2 Å². The van der Waals surface area contributed by atoms with Gasteiger partial charge in [-0.15, -0.1) is 0 Å². The molecule has 2 aromatic rings. The van der Waals surface area contributed by atoms with Gasteiger partial charge in [-0.05, 0) is 87.1 Å². The van der Waals surface area contributed by atoms with Crippen LogP contribution in [0.25, 0.3) is 0 Å². The summed E-state index contributed by atoms with van der Waals surface area (Å²) in [4.78, 5) is 11.3. The first-order chi connectivity index (χ1) is 17.4. The van der Waals surface area contributed by atoms with Crippen molar-refractivity contribution in [3.05, 3.63) is 64.7 Å². The van der Waals surface area contributed by atoms with Crippen LogP contribution in [0.1, 0.15) is 67.7 Å². The average molecular weight is 522 g/mol. The summed E-state index contributed by atoms with van der Waals surface area (Å²) in [6, 6.07) is 12.4. The van der Waals surface area contributed by atoms with Crippen LogP contribution < -0.4 is 10.1 Å². The Morgan fingerprint density at radius 1 is 1.05 bits per heavy atom. The molecule has 2 aliphatic rings. The zero-order chi connectivity index (χ0) is 26.7. The second kappa shape index (κ2) is 10.9. The van der Waals surface area contributed by atoms with Gasteiger partial charge < -0.3 is 24.6 Å². The summed E-state index contributed by atoms with van der Waals surface area (Å²) < 4.78 is 58.3. The fourth-order valence-electron chi connectivity index (χ4n) is 4.51. The van der Waals surface area contributed by atoms with Crippen molar-refractivity contribution < 1.29 is 37.3 Å². The van der Waals surface area contributed by atoms with E-state index in [2.05, 4.69) is 29.6 Å². The monoisotopic (exact) mass is 521 g/mol. The molecule has 1 aliphatic heterocycles. The molecule has 0 radical (unpaired) electrons. The van der Waals surface area contributed by atoms with Crippen molar-refractivity contribution in [1.82, 2.24) is 5.32 Å². The van der Waals surface area contributed by atoms with Crippen LogP contribution in [0.2, 0.25) is 0 Å². The van der Waals surface area contributed by atoms with Crippen LogP contribution in [-0.4, -0.2) is 42.3 Å². The Morgan fingerprint density at radius 3 is 2.30 bits per heavy atom. The molecular weight excluding hydrogens is 487 g/mol. The van der Waals surface area contributed by atoms with Crippen molar-refractivity contribution in [1.29, 1.82) is 0 Å². The number of hydrogen-bond donors (Lipinski definition) is 2. The standard InChI is InChI=1S/C28H34F3NO5/c1-26(2)36-17-27(18-37-26,32-25(33)34)14-13-20-7-12-24(23(16-20)28(29,30)31)35-15-3-4-19-5-8-21(9-6-19)22-10-11-22/h5-9,12,16,22,32H,3-4,10-11,13-15,17-18H2,1-2H3,(H,33,34). The molecule has 2 N–H and O–H groups in total. The van der Waals surface area contributed by atoms with Crippen molar-refractivity contribution in [3.8, 4) is 5.75 Å². The number of carboxylic acid groups (broad SMARTS) is 1. The fourth-order valence-corrected chi connectivity index (χ4v) is 4.51. The molecule has 0 atom stereocenters. The molecule has 0 aromatic heterocycles. The minimum absolute atomic E-state index is 0.0585. The number of alkyl halides is 3. The molecular formula is C28H34F3NO5. The van der Waals surface area contributed by atoms with Crippen molar-refractivity contribution in [2.24, 2.45) is 0 Å². The molecule has 9 heteroatoms. The number of ether oxygens (including phenoxy) is 3. The van der Waals surface area contributed by atoms with Gasteiger partial charge in [0.25, 0.3) is 0 Å². The van der Waals surface area contributed by atoms with E-state index in [-0.39, 0.29) is 38.4 Å².